The van der Waals surface area contributed by atoms with Crippen LogP contribution in [0.5, 0.6) is 0 Å². The van der Waals surface area contributed by atoms with Gasteiger partial charge in [0.2, 0.25) is 0 Å². The molecular weight excluding hydrogens is 184 g/mol. The fraction of sp³-hybridized carbons (Fsp3) is 0.500. The number of Topliss-reactive ketones (excluding diaryl/α,β-unsaturated/α-hetero) is 1. The zero-order valence-corrected chi connectivity index (χ0v) is 9.49. The van der Waals surface area contributed by atoms with Crippen LogP contribution in [0.3, 0.4) is 0 Å². The van der Waals surface area contributed by atoms with E-state index in [0.717, 1.165) is 12.8 Å². The van der Waals surface area contributed by atoms with Crippen molar-refractivity contribution in [2.24, 2.45) is 5.92 Å². The molecule has 2 atom stereocenters. The van der Waals surface area contributed by atoms with Crippen molar-refractivity contribution in [3.8, 4) is 0 Å². The van der Waals surface area contributed by atoms with Gasteiger partial charge in [0.15, 0.2) is 0 Å². The van der Waals surface area contributed by atoms with Gasteiger partial charge < -0.3 is 0 Å². The summed E-state index contributed by atoms with van der Waals surface area (Å²) in [5, 5.41) is 0. The van der Waals surface area contributed by atoms with E-state index in [4.69, 9.17) is 0 Å². The van der Waals surface area contributed by atoms with Crippen molar-refractivity contribution in [3.63, 3.8) is 0 Å². The molecule has 0 N–H and O–H groups in total. The van der Waals surface area contributed by atoms with Crippen molar-refractivity contribution >= 4 is 5.78 Å². The first kappa shape index (κ1) is 10.4. The van der Waals surface area contributed by atoms with Gasteiger partial charge in [-0.3, -0.25) is 4.79 Å². The van der Waals surface area contributed by atoms with Crippen LogP contribution in [0.2, 0.25) is 0 Å². The molecule has 1 aliphatic rings. The minimum atomic E-state index is 0.267. The van der Waals surface area contributed by atoms with Gasteiger partial charge in [0.05, 0.1) is 0 Å². The number of rotatable bonds is 4. The maximum atomic E-state index is 11.4. The molecule has 0 aliphatic heterocycles. The predicted octanol–water partition coefficient (Wildman–Crippen LogP) is 3.33. The van der Waals surface area contributed by atoms with E-state index in [1.807, 2.05) is 0 Å². The lowest BCUT2D eigenvalue weighted by atomic mass is 9.72. The Hall–Kier alpha value is -1.11. The first-order valence-corrected chi connectivity index (χ1v) is 5.80. The van der Waals surface area contributed by atoms with E-state index >= 15 is 0 Å². The van der Waals surface area contributed by atoms with Crippen LogP contribution in [0.25, 0.3) is 0 Å². The highest BCUT2D eigenvalue weighted by Crippen LogP contribution is 2.39. The Bertz CT molecular complexity index is 367. The van der Waals surface area contributed by atoms with E-state index in [0.29, 0.717) is 11.7 Å². The SMILES string of the molecule is CCC(CC1Cc2ccccc21)C(C)=O. The fourth-order valence-corrected chi connectivity index (χ4v) is 2.54. The Balaban J connectivity index is 2.02. The second-order valence-corrected chi connectivity index (χ2v) is 4.55. The molecule has 2 rings (SSSR count). The molecule has 0 spiro atoms. The maximum absolute atomic E-state index is 11.4. The number of carbonyl (C=O) groups is 1. The summed E-state index contributed by atoms with van der Waals surface area (Å²) in [6.07, 6.45) is 3.19. The Morgan fingerprint density at radius 2 is 2.20 bits per heavy atom. The molecule has 1 aromatic carbocycles. The van der Waals surface area contributed by atoms with E-state index in [9.17, 15) is 4.79 Å². The van der Waals surface area contributed by atoms with Gasteiger partial charge in [0.25, 0.3) is 0 Å². The number of ketones is 1. The van der Waals surface area contributed by atoms with Gasteiger partial charge in [0.1, 0.15) is 5.78 Å². The highest BCUT2D eigenvalue weighted by atomic mass is 16.1. The Kier molecular flexibility index (Phi) is 2.90. The first-order chi connectivity index (χ1) is 7.22. The van der Waals surface area contributed by atoms with Crippen LogP contribution in [0.15, 0.2) is 24.3 Å². The lowest BCUT2D eigenvalue weighted by molar-refractivity contribution is -0.121. The van der Waals surface area contributed by atoms with Crippen molar-refractivity contribution in [1.82, 2.24) is 0 Å². The third-order valence-electron chi connectivity index (χ3n) is 3.60. The van der Waals surface area contributed by atoms with Crippen LogP contribution < -0.4 is 0 Å². The summed E-state index contributed by atoms with van der Waals surface area (Å²) in [4.78, 5) is 11.4. The molecule has 0 fully saturated rings. The van der Waals surface area contributed by atoms with Crippen LogP contribution >= 0.6 is 0 Å². The van der Waals surface area contributed by atoms with Gasteiger partial charge in [0, 0.05) is 5.92 Å². The van der Waals surface area contributed by atoms with Crippen LogP contribution in [-0.2, 0) is 11.2 Å². The number of hydrogen-bond acceptors (Lipinski definition) is 1. The molecule has 15 heavy (non-hydrogen) atoms. The molecule has 1 aromatic rings. The summed E-state index contributed by atoms with van der Waals surface area (Å²) in [5.74, 6) is 1.25. The molecule has 80 valence electrons. The summed E-state index contributed by atoms with van der Waals surface area (Å²) in [7, 11) is 0. The van der Waals surface area contributed by atoms with E-state index < -0.39 is 0 Å². The van der Waals surface area contributed by atoms with Crippen LogP contribution in [0.4, 0.5) is 0 Å². The highest BCUT2D eigenvalue weighted by Gasteiger charge is 2.28. The zero-order valence-electron chi connectivity index (χ0n) is 9.49. The van der Waals surface area contributed by atoms with Crippen molar-refractivity contribution < 1.29 is 4.79 Å². The van der Waals surface area contributed by atoms with Gasteiger partial charge in [-0.2, -0.15) is 0 Å². The van der Waals surface area contributed by atoms with Gasteiger partial charge in [-0.25, -0.2) is 0 Å². The van der Waals surface area contributed by atoms with E-state index in [1.54, 1.807) is 6.92 Å². The molecule has 2 unspecified atom stereocenters. The molecule has 0 saturated carbocycles. The predicted molar refractivity (Wildman–Crippen MR) is 62.0 cm³/mol. The number of fused-ring (bicyclic) bond motifs is 1. The summed E-state index contributed by atoms with van der Waals surface area (Å²) < 4.78 is 0. The van der Waals surface area contributed by atoms with Crippen LogP contribution in [0, 0.1) is 5.92 Å². The Labute approximate surface area is 91.5 Å². The molecule has 1 aliphatic carbocycles. The molecule has 0 heterocycles. The average Bonchev–Trinajstić information content (AvgIpc) is 2.19. The van der Waals surface area contributed by atoms with Gasteiger partial charge in [-0.05, 0) is 43.2 Å². The summed E-state index contributed by atoms with van der Waals surface area (Å²) in [6, 6.07) is 8.59. The molecule has 0 saturated heterocycles. The zero-order chi connectivity index (χ0) is 10.8. The summed E-state index contributed by atoms with van der Waals surface area (Å²) in [5.41, 5.74) is 2.94. The van der Waals surface area contributed by atoms with Crippen molar-refractivity contribution in [2.45, 2.75) is 39.0 Å². The number of carbonyl (C=O) groups excluding carboxylic acids is 1. The topological polar surface area (TPSA) is 17.1 Å². The highest BCUT2D eigenvalue weighted by molar-refractivity contribution is 5.78. The molecule has 0 aromatic heterocycles. The number of hydrogen-bond donors (Lipinski definition) is 0. The fourth-order valence-electron chi connectivity index (χ4n) is 2.54. The van der Waals surface area contributed by atoms with Gasteiger partial charge >= 0.3 is 0 Å². The van der Waals surface area contributed by atoms with Crippen LogP contribution in [-0.4, -0.2) is 5.78 Å². The number of benzene rings is 1. The molecule has 0 radical (unpaired) electrons. The normalized spacial score (nSPS) is 20.3. The van der Waals surface area contributed by atoms with E-state index in [2.05, 4.69) is 31.2 Å². The smallest absolute Gasteiger partial charge is 0.132 e. The molecule has 1 heteroatoms. The Morgan fingerprint density at radius 1 is 1.47 bits per heavy atom. The van der Waals surface area contributed by atoms with E-state index in [1.165, 1.54) is 17.5 Å². The Morgan fingerprint density at radius 3 is 2.80 bits per heavy atom. The van der Waals surface area contributed by atoms with Crippen LogP contribution in [0.1, 0.15) is 43.7 Å². The van der Waals surface area contributed by atoms with Crippen molar-refractivity contribution in [3.05, 3.63) is 35.4 Å². The minimum Gasteiger partial charge on any atom is -0.300 e. The average molecular weight is 202 g/mol. The summed E-state index contributed by atoms with van der Waals surface area (Å²) >= 11 is 0. The quantitative estimate of drug-likeness (QED) is 0.732. The van der Waals surface area contributed by atoms with Crippen molar-refractivity contribution in [2.75, 3.05) is 0 Å². The monoisotopic (exact) mass is 202 g/mol. The third kappa shape index (κ3) is 1.97. The largest absolute Gasteiger partial charge is 0.300 e. The summed E-state index contributed by atoms with van der Waals surface area (Å²) in [6.45, 7) is 3.83. The van der Waals surface area contributed by atoms with Crippen molar-refractivity contribution in [1.29, 1.82) is 0 Å². The first-order valence-electron chi connectivity index (χ1n) is 5.80. The minimum absolute atomic E-state index is 0.267. The standard InChI is InChI=1S/C14H18O/c1-3-11(10(2)15)8-13-9-12-6-4-5-7-14(12)13/h4-7,11,13H,3,8-9H2,1-2H3. The van der Waals surface area contributed by atoms with Gasteiger partial charge in [-0.1, -0.05) is 31.2 Å². The second kappa shape index (κ2) is 4.18. The van der Waals surface area contributed by atoms with Gasteiger partial charge in [-0.15, -0.1) is 0 Å². The molecule has 1 nitrogen and oxygen atoms in total. The van der Waals surface area contributed by atoms with E-state index in [-0.39, 0.29) is 5.92 Å². The molecule has 0 bridgehead atoms. The third-order valence-corrected chi connectivity index (χ3v) is 3.60. The second-order valence-electron chi connectivity index (χ2n) is 4.55. The lowest BCUT2D eigenvalue weighted by Crippen LogP contribution is -2.22. The molecular formula is C14H18O. The lowest BCUT2D eigenvalue weighted by Gasteiger charge is -2.32. The molecule has 0 amide bonds. The maximum Gasteiger partial charge on any atom is 0.132 e.